The average molecular weight is 392 g/mol. The van der Waals surface area contributed by atoms with Crippen molar-refractivity contribution in [2.75, 3.05) is 6.61 Å². The van der Waals surface area contributed by atoms with Gasteiger partial charge in [-0.2, -0.15) is 5.10 Å². The van der Waals surface area contributed by atoms with E-state index in [2.05, 4.69) is 10.5 Å². The highest BCUT2D eigenvalue weighted by atomic mass is 16.5. The molecule has 1 atom stereocenters. The minimum absolute atomic E-state index is 0.162. The molecule has 3 aromatic rings. The first-order valence-electron chi connectivity index (χ1n) is 8.95. The van der Waals surface area contributed by atoms with Crippen molar-refractivity contribution in [2.45, 2.75) is 13.0 Å². The van der Waals surface area contributed by atoms with Crippen molar-refractivity contribution in [2.24, 2.45) is 5.10 Å². The first-order chi connectivity index (χ1) is 14.0. The van der Waals surface area contributed by atoms with E-state index in [0.717, 1.165) is 16.3 Å². The minimum atomic E-state index is -1.04. The lowest BCUT2D eigenvalue weighted by atomic mass is 10.1. The Balaban J connectivity index is 1.50. The van der Waals surface area contributed by atoms with E-state index >= 15 is 0 Å². The summed E-state index contributed by atoms with van der Waals surface area (Å²) >= 11 is 0. The van der Waals surface area contributed by atoms with Crippen molar-refractivity contribution in [3.05, 3.63) is 72.3 Å². The van der Waals surface area contributed by atoms with E-state index in [1.54, 1.807) is 24.3 Å². The van der Waals surface area contributed by atoms with Crippen LogP contribution < -0.4 is 14.9 Å². The summed E-state index contributed by atoms with van der Waals surface area (Å²) in [5, 5.41) is 14.7. The van der Waals surface area contributed by atoms with Gasteiger partial charge in [0.25, 0.3) is 5.91 Å². The molecule has 0 heterocycles. The van der Waals surface area contributed by atoms with Crippen LogP contribution in [0.2, 0.25) is 0 Å². The van der Waals surface area contributed by atoms with Gasteiger partial charge in [-0.05, 0) is 48.2 Å². The first-order valence-corrected chi connectivity index (χ1v) is 8.95. The number of fused-ring (bicyclic) bond motifs is 1. The molecule has 0 radical (unpaired) electrons. The number of hydrazone groups is 1. The van der Waals surface area contributed by atoms with E-state index in [4.69, 9.17) is 14.6 Å². The molecule has 148 valence electrons. The molecule has 0 saturated carbocycles. The normalized spacial score (nSPS) is 11.9. The van der Waals surface area contributed by atoms with Crippen LogP contribution in [0.25, 0.3) is 10.8 Å². The molecule has 3 aromatic carbocycles. The number of carboxylic acid groups (broad SMARTS) is 1. The highest BCUT2D eigenvalue weighted by Crippen LogP contribution is 2.24. The van der Waals surface area contributed by atoms with Gasteiger partial charge >= 0.3 is 5.97 Å². The third-order valence-corrected chi connectivity index (χ3v) is 4.05. The van der Waals surface area contributed by atoms with Crippen molar-refractivity contribution in [3.8, 4) is 11.5 Å². The highest BCUT2D eigenvalue weighted by molar-refractivity contribution is 5.89. The van der Waals surface area contributed by atoms with Crippen LogP contribution in [0.1, 0.15) is 12.5 Å². The van der Waals surface area contributed by atoms with Crippen LogP contribution in [0.4, 0.5) is 0 Å². The number of benzene rings is 3. The molecule has 0 unspecified atom stereocenters. The second kappa shape index (κ2) is 9.36. The predicted molar refractivity (Wildman–Crippen MR) is 109 cm³/mol. The molecule has 7 nitrogen and oxygen atoms in total. The number of rotatable bonds is 8. The predicted octanol–water partition coefficient (Wildman–Crippen LogP) is 3.22. The summed E-state index contributed by atoms with van der Waals surface area (Å²) in [6.07, 6.45) is 0.538. The van der Waals surface area contributed by atoms with Gasteiger partial charge in [-0.15, -0.1) is 0 Å². The zero-order valence-electron chi connectivity index (χ0n) is 15.7. The molecule has 0 spiro atoms. The molecule has 0 aliphatic heterocycles. The molecule has 0 saturated heterocycles. The maximum absolute atomic E-state index is 12.0. The van der Waals surface area contributed by atoms with Crippen molar-refractivity contribution in [1.29, 1.82) is 0 Å². The largest absolute Gasteiger partial charge is 0.483 e. The fourth-order valence-corrected chi connectivity index (χ4v) is 2.56. The van der Waals surface area contributed by atoms with Gasteiger partial charge in [-0.1, -0.05) is 36.4 Å². The topological polar surface area (TPSA) is 97.2 Å². The zero-order valence-corrected chi connectivity index (χ0v) is 15.7. The van der Waals surface area contributed by atoms with E-state index in [-0.39, 0.29) is 12.5 Å². The number of carbonyl (C=O) groups excluding carboxylic acids is 1. The summed E-state index contributed by atoms with van der Waals surface area (Å²) in [6, 6.07) is 20.1. The summed E-state index contributed by atoms with van der Waals surface area (Å²) < 4.78 is 10.9. The second-order valence-corrected chi connectivity index (χ2v) is 6.23. The van der Waals surface area contributed by atoms with E-state index < -0.39 is 12.1 Å². The number of ether oxygens (including phenoxy) is 2. The van der Waals surface area contributed by atoms with E-state index in [1.165, 1.54) is 13.1 Å². The Hall–Kier alpha value is -3.87. The maximum atomic E-state index is 12.0. The summed E-state index contributed by atoms with van der Waals surface area (Å²) in [5.41, 5.74) is 3.13. The van der Waals surface area contributed by atoms with Crippen LogP contribution in [-0.4, -0.2) is 35.9 Å². The van der Waals surface area contributed by atoms with Gasteiger partial charge in [-0.25, -0.2) is 10.2 Å². The number of aliphatic carboxylic acids is 1. The van der Waals surface area contributed by atoms with Crippen LogP contribution in [0.5, 0.6) is 11.5 Å². The number of nitrogens with one attached hydrogen (secondary N) is 1. The van der Waals surface area contributed by atoms with Gasteiger partial charge in [0, 0.05) is 5.39 Å². The Morgan fingerprint density at radius 3 is 2.55 bits per heavy atom. The molecule has 3 rings (SSSR count). The van der Waals surface area contributed by atoms with Crippen molar-refractivity contribution < 1.29 is 24.2 Å². The number of nitrogens with zero attached hydrogens (tertiary/aromatic N) is 1. The molecule has 7 heteroatoms. The van der Waals surface area contributed by atoms with Crippen molar-refractivity contribution in [1.82, 2.24) is 5.43 Å². The smallest absolute Gasteiger partial charge is 0.344 e. The summed E-state index contributed by atoms with van der Waals surface area (Å²) in [6.45, 7) is 1.29. The van der Waals surface area contributed by atoms with Crippen LogP contribution >= 0.6 is 0 Å². The zero-order chi connectivity index (χ0) is 20.6. The SMILES string of the molecule is C[C@H](Oc1ccc(/C=N/NC(=O)COc2cccc3ccccc23)cc1)C(=O)O. The van der Waals surface area contributed by atoms with Gasteiger partial charge in [-0.3, -0.25) is 4.79 Å². The fraction of sp³-hybridized carbons (Fsp3) is 0.136. The third-order valence-electron chi connectivity index (χ3n) is 4.05. The van der Waals surface area contributed by atoms with Gasteiger partial charge in [0.15, 0.2) is 12.7 Å². The first kappa shape index (κ1) is 19.9. The third kappa shape index (κ3) is 5.55. The molecule has 0 fully saturated rings. The number of amides is 1. The number of carbonyl (C=O) groups is 2. The molecule has 29 heavy (non-hydrogen) atoms. The number of hydrogen-bond acceptors (Lipinski definition) is 5. The van der Waals surface area contributed by atoms with Crippen LogP contribution in [0.15, 0.2) is 71.8 Å². The van der Waals surface area contributed by atoms with Gasteiger partial charge in [0.2, 0.25) is 0 Å². The standard InChI is InChI=1S/C22H20N2O5/c1-15(22(26)27)29-18-11-9-16(10-12-18)13-23-24-21(25)14-28-20-8-4-6-17-5-2-3-7-19(17)20/h2-13,15H,14H2,1H3,(H,24,25)(H,26,27)/b23-13+/t15-/m0/s1. The molecular weight excluding hydrogens is 372 g/mol. The van der Waals surface area contributed by atoms with E-state index in [0.29, 0.717) is 11.5 Å². The Bertz CT molecular complexity index is 1030. The van der Waals surface area contributed by atoms with Gasteiger partial charge in [0.1, 0.15) is 11.5 Å². The molecular formula is C22H20N2O5. The quantitative estimate of drug-likeness (QED) is 0.453. The molecule has 0 aromatic heterocycles. The lowest BCUT2D eigenvalue weighted by molar-refractivity contribution is -0.144. The van der Waals surface area contributed by atoms with Gasteiger partial charge in [0.05, 0.1) is 6.21 Å². The number of carboxylic acids is 1. The Morgan fingerprint density at radius 1 is 1.07 bits per heavy atom. The lowest BCUT2D eigenvalue weighted by Crippen LogP contribution is -2.24. The minimum Gasteiger partial charge on any atom is -0.483 e. The molecule has 0 aliphatic rings. The maximum Gasteiger partial charge on any atom is 0.344 e. The fourth-order valence-electron chi connectivity index (χ4n) is 2.56. The monoisotopic (exact) mass is 392 g/mol. The second-order valence-electron chi connectivity index (χ2n) is 6.23. The Kier molecular flexibility index (Phi) is 6.42. The molecule has 0 bridgehead atoms. The highest BCUT2D eigenvalue weighted by Gasteiger charge is 2.11. The number of hydrogen-bond donors (Lipinski definition) is 2. The van der Waals surface area contributed by atoms with Crippen LogP contribution in [0.3, 0.4) is 0 Å². The van der Waals surface area contributed by atoms with Crippen LogP contribution in [0, 0.1) is 0 Å². The molecule has 0 aliphatic carbocycles. The lowest BCUT2D eigenvalue weighted by Gasteiger charge is -2.10. The summed E-state index contributed by atoms with van der Waals surface area (Å²) in [5.74, 6) is -0.355. The van der Waals surface area contributed by atoms with Gasteiger partial charge < -0.3 is 14.6 Å². The molecule has 1 amide bonds. The average Bonchev–Trinajstić information content (AvgIpc) is 2.73. The van der Waals surface area contributed by atoms with Crippen molar-refractivity contribution >= 4 is 28.9 Å². The summed E-state index contributed by atoms with van der Waals surface area (Å²) in [7, 11) is 0. The Labute approximate surface area is 167 Å². The Morgan fingerprint density at radius 2 is 1.79 bits per heavy atom. The molecule has 2 N–H and O–H groups in total. The van der Waals surface area contributed by atoms with Crippen LogP contribution in [-0.2, 0) is 9.59 Å². The van der Waals surface area contributed by atoms with Crippen molar-refractivity contribution in [3.63, 3.8) is 0 Å². The summed E-state index contributed by atoms with van der Waals surface area (Å²) in [4.78, 5) is 22.7. The van der Waals surface area contributed by atoms with E-state index in [9.17, 15) is 9.59 Å². The van der Waals surface area contributed by atoms with E-state index in [1.807, 2.05) is 42.5 Å².